The van der Waals surface area contributed by atoms with Crippen LogP contribution in [0.4, 0.5) is 0 Å². The first-order chi connectivity index (χ1) is 8.29. The fourth-order valence-corrected chi connectivity index (χ4v) is 2.66. The van der Waals surface area contributed by atoms with Crippen LogP contribution in [0.3, 0.4) is 0 Å². The fraction of sp³-hybridized carbons (Fsp3) is 0.929. The lowest BCUT2D eigenvalue weighted by molar-refractivity contribution is -0.131. The molecule has 0 aromatic carbocycles. The molecular formula is C14H27ClN2O. The molecular weight excluding hydrogens is 248 g/mol. The van der Waals surface area contributed by atoms with Gasteiger partial charge in [-0.05, 0) is 51.0 Å². The van der Waals surface area contributed by atoms with Gasteiger partial charge in [0, 0.05) is 25.6 Å². The molecule has 1 atom stereocenters. The van der Waals surface area contributed by atoms with Gasteiger partial charge in [0.15, 0.2) is 0 Å². The normalized spacial score (nSPS) is 22.6. The van der Waals surface area contributed by atoms with Gasteiger partial charge in [0.2, 0.25) is 5.91 Å². The standard InChI is InChI=1S/C14H26N2O.ClH/c1-2-10-16(11-12-5-6-12)14(17)8-7-13-4-3-9-15-13;/h12-13,15H,2-11H2,1H3;1H. The second-order valence-electron chi connectivity index (χ2n) is 5.62. The van der Waals surface area contributed by atoms with Crippen LogP contribution in [0.2, 0.25) is 0 Å². The lowest BCUT2D eigenvalue weighted by atomic mass is 10.1. The van der Waals surface area contributed by atoms with Crippen LogP contribution < -0.4 is 5.32 Å². The molecule has 1 aliphatic carbocycles. The molecule has 2 aliphatic rings. The number of halogens is 1. The third kappa shape index (κ3) is 5.15. The van der Waals surface area contributed by atoms with E-state index in [1.54, 1.807) is 0 Å². The second-order valence-corrected chi connectivity index (χ2v) is 5.62. The molecule has 0 aromatic rings. The van der Waals surface area contributed by atoms with Crippen LogP contribution in [0, 0.1) is 5.92 Å². The Morgan fingerprint density at radius 3 is 2.67 bits per heavy atom. The minimum absolute atomic E-state index is 0. The molecule has 1 heterocycles. The Morgan fingerprint density at radius 1 is 1.33 bits per heavy atom. The number of carbonyl (C=O) groups is 1. The summed E-state index contributed by atoms with van der Waals surface area (Å²) in [6.07, 6.45) is 8.05. The molecule has 1 saturated carbocycles. The average molecular weight is 275 g/mol. The van der Waals surface area contributed by atoms with Crippen LogP contribution in [-0.2, 0) is 4.79 Å². The van der Waals surface area contributed by atoms with Gasteiger partial charge in [0.1, 0.15) is 0 Å². The Morgan fingerprint density at radius 2 is 2.11 bits per heavy atom. The molecule has 0 spiro atoms. The van der Waals surface area contributed by atoms with Gasteiger partial charge in [-0.2, -0.15) is 0 Å². The molecule has 3 nitrogen and oxygen atoms in total. The maximum absolute atomic E-state index is 12.2. The van der Waals surface area contributed by atoms with E-state index in [2.05, 4.69) is 17.1 Å². The summed E-state index contributed by atoms with van der Waals surface area (Å²) in [6.45, 7) is 5.27. The zero-order valence-corrected chi connectivity index (χ0v) is 12.3. The van der Waals surface area contributed by atoms with Crippen molar-refractivity contribution < 1.29 is 4.79 Å². The number of hydrogen-bond donors (Lipinski definition) is 1. The van der Waals surface area contributed by atoms with Crippen molar-refractivity contribution in [2.24, 2.45) is 5.92 Å². The quantitative estimate of drug-likeness (QED) is 0.774. The van der Waals surface area contributed by atoms with E-state index >= 15 is 0 Å². The number of amides is 1. The molecule has 1 amide bonds. The zero-order valence-electron chi connectivity index (χ0n) is 11.5. The predicted octanol–water partition coefficient (Wildman–Crippen LogP) is 2.59. The largest absolute Gasteiger partial charge is 0.342 e. The number of nitrogens with zero attached hydrogens (tertiary/aromatic N) is 1. The van der Waals surface area contributed by atoms with Crippen LogP contribution in [0.5, 0.6) is 0 Å². The van der Waals surface area contributed by atoms with E-state index in [0.717, 1.165) is 44.8 Å². The highest BCUT2D eigenvalue weighted by Gasteiger charge is 2.26. The molecule has 1 saturated heterocycles. The van der Waals surface area contributed by atoms with Crippen molar-refractivity contribution >= 4 is 18.3 Å². The highest BCUT2D eigenvalue weighted by Crippen LogP contribution is 2.30. The lowest BCUT2D eigenvalue weighted by Crippen LogP contribution is -2.34. The van der Waals surface area contributed by atoms with Crippen LogP contribution >= 0.6 is 12.4 Å². The molecule has 1 unspecified atom stereocenters. The summed E-state index contributed by atoms with van der Waals surface area (Å²) in [4.78, 5) is 14.3. The van der Waals surface area contributed by atoms with E-state index in [0.29, 0.717) is 11.9 Å². The maximum Gasteiger partial charge on any atom is 0.222 e. The minimum atomic E-state index is 0. The van der Waals surface area contributed by atoms with Gasteiger partial charge in [0.05, 0.1) is 0 Å². The first kappa shape index (κ1) is 15.8. The van der Waals surface area contributed by atoms with E-state index in [1.165, 1.54) is 25.7 Å². The van der Waals surface area contributed by atoms with E-state index in [9.17, 15) is 4.79 Å². The van der Waals surface area contributed by atoms with E-state index < -0.39 is 0 Å². The molecule has 18 heavy (non-hydrogen) atoms. The summed E-state index contributed by atoms with van der Waals surface area (Å²) in [6, 6.07) is 0.600. The van der Waals surface area contributed by atoms with Crippen molar-refractivity contribution in [3.05, 3.63) is 0 Å². The predicted molar refractivity (Wildman–Crippen MR) is 77.1 cm³/mol. The maximum atomic E-state index is 12.2. The third-order valence-electron chi connectivity index (χ3n) is 3.89. The summed E-state index contributed by atoms with van der Waals surface area (Å²) < 4.78 is 0. The molecule has 2 rings (SSSR count). The molecule has 1 aliphatic heterocycles. The van der Waals surface area contributed by atoms with Gasteiger partial charge >= 0.3 is 0 Å². The smallest absolute Gasteiger partial charge is 0.222 e. The van der Waals surface area contributed by atoms with Crippen LogP contribution in [-0.4, -0.2) is 36.5 Å². The zero-order chi connectivity index (χ0) is 12.1. The highest BCUT2D eigenvalue weighted by atomic mass is 35.5. The van der Waals surface area contributed by atoms with E-state index in [1.807, 2.05) is 0 Å². The van der Waals surface area contributed by atoms with Crippen molar-refractivity contribution in [3.8, 4) is 0 Å². The Hall–Kier alpha value is -0.280. The van der Waals surface area contributed by atoms with Gasteiger partial charge in [0.25, 0.3) is 0 Å². The molecule has 2 fully saturated rings. The van der Waals surface area contributed by atoms with Crippen LogP contribution in [0.1, 0.15) is 51.9 Å². The monoisotopic (exact) mass is 274 g/mol. The van der Waals surface area contributed by atoms with Gasteiger partial charge < -0.3 is 10.2 Å². The summed E-state index contributed by atoms with van der Waals surface area (Å²) in [5, 5.41) is 3.47. The van der Waals surface area contributed by atoms with Crippen LogP contribution in [0.25, 0.3) is 0 Å². The van der Waals surface area contributed by atoms with Gasteiger partial charge in [-0.1, -0.05) is 6.92 Å². The van der Waals surface area contributed by atoms with Crippen molar-refractivity contribution in [1.82, 2.24) is 10.2 Å². The molecule has 4 heteroatoms. The van der Waals surface area contributed by atoms with Crippen LogP contribution in [0.15, 0.2) is 0 Å². The molecule has 0 aromatic heterocycles. The molecule has 0 bridgehead atoms. The Labute approximate surface area is 117 Å². The van der Waals surface area contributed by atoms with Gasteiger partial charge in [-0.15, -0.1) is 12.4 Å². The Kier molecular flexibility index (Phi) is 7.02. The first-order valence-electron chi connectivity index (χ1n) is 7.30. The first-order valence-corrected chi connectivity index (χ1v) is 7.30. The van der Waals surface area contributed by atoms with Crippen molar-refractivity contribution in [2.45, 2.75) is 57.9 Å². The summed E-state index contributed by atoms with van der Waals surface area (Å²) in [5.41, 5.74) is 0. The molecule has 106 valence electrons. The SMILES string of the molecule is CCCN(CC1CC1)C(=O)CCC1CCCN1.Cl. The Balaban J connectivity index is 0.00000162. The molecule has 0 radical (unpaired) electrons. The minimum Gasteiger partial charge on any atom is -0.342 e. The number of carbonyl (C=O) groups excluding carboxylic acids is 1. The van der Waals surface area contributed by atoms with Gasteiger partial charge in [-0.3, -0.25) is 4.79 Å². The summed E-state index contributed by atoms with van der Waals surface area (Å²) in [7, 11) is 0. The highest BCUT2D eigenvalue weighted by molar-refractivity contribution is 5.85. The number of hydrogen-bond acceptors (Lipinski definition) is 2. The summed E-state index contributed by atoms with van der Waals surface area (Å²) in [5.74, 6) is 1.20. The topological polar surface area (TPSA) is 32.3 Å². The average Bonchev–Trinajstić information content (AvgIpc) is 2.99. The third-order valence-corrected chi connectivity index (χ3v) is 3.89. The molecule has 1 N–H and O–H groups in total. The fourth-order valence-electron chi connectivity index (χ4n) is 2.66. The second kappa shape index (κ2) is 8.00. The van der Waals surface area contributed by atoms with Crippen molar-refractivity contribution in [1.29, 1.82) is 0 Å². The number of nitrogens with one attached hydrogen (secondary N) is 1. The van der Waals surface area contributed by atoms with E-state index in [-0.39, 0.29) is 12.4 Å². The van der Waals surface area contributed by atoms with E-state index in [4.69, 9.17) is 0 Å². The summed E-state index contributed by atoms with van der Waals surface area (Å²) >= 11 is 0. The lowest BCUT2D eigenvalue weighted by Gasteiger charge is -2.22. The Bertz CT molecular complexity index is 250. The van der Waals surface area contributed by atoms with Gasteiger partial charge in [-0.25, -0.2) is 0 Å². The van der Waals surface area contributed by atoms with Crippen molar-refractivity contribution in [2.75, 3.05) is 19.6 Å². The van der Waals surface area contributed by atoms with Crippen molar-refractivity contribution in [3.63, 3.8) is 0 Å². The number of rotatable bonds is 7.